The molecule has 25 heavy (non-hydrogen) atoms. The number of rotatable bonds is 2. The number of aromatic nitrogens is 7. The highest BCUT2D eigenvalue weighted by Crippen LogP contribution is 2.24. The fraction of sp³-hybridized carbons (Fsp3) is 0.0556. The predicted octanol–water partition coefficient (Wildman–Crippen LogP) is 2.83. The maximum atomic E-state index is 4.66. The second-order valence-electron chi connectivity index (χ2n) is 5.73. The lowest BCUT2D eigenvalue weighted by Gasteiger charge is -2.06. The van der Waals surface area contributed by atoms with Crippen LogP contribution in [0.2, 0.25) is 0 Å². The van der Waals surface area contributed by atoms with Crippen molar-refractivity contribution in [3.05, 3.63) is 66.4 Å². The summed E-state index contributed by atoms with van der Waals surface area (Å²) in [5.41, 5.74) is 4.25. The van der Waals surface area contributed by atoms with Crippen molar-refractivity contribution < 1.29 is 0 Å². The number of benzene rings is 2. The van der Waals surface area contributed by atoms with Crippen LogP contribution in [0.5, 0.6) is 0 Å². The van der Waals surface area contributed by atoms with E-state index in [-0.39, 0.29) is 0 Å². The maximum absolute atomic E-state index is 4.66. The standard InChI is InChI=1S/C18H13N7/c1-12-15-17(25(23-12)14-10-6-3-7-11-14)24-16(13-8-4-2-5-9-13)20-22-18(24)21-19-15/h2-11H,1H3. The van der Waals surface area contributed by atoms with Crippen molar-refractivity contribution in [3.8, 4) is 17.1 Å². The number of hydrogen-bond acceptors (Lipinski definition) is 5. The van der Waals surface area contributed by atoms with Crippen LogP contribution in [0.15, 0.2) is 60.7 Å². The predicted molar refractivity (Wildman–Crippen MR) is 93.4 cm³/mol. The molecule has 0 aliphatic carbocycles. The first-order valence-electron chi connectivity index (χ1n) is 7.91. The molecule has 3 aromatic heterocycles. The smallest absolute Gasteiger partial charge is 0.239 e. The molecule has 0 fully saturated rings. The van der Waals surface area contributed by atoms with E-state index in [4.69, 9.17) is 0 Å². The van der Waals surface area contributed by atoms with Crippen molar-refractivity contribution >= 4 is 16.9 Å². The molecule has 7 heteroatoms. The summed E-state index contributed by atoms with van der Waals surface area (Å²) in [7, 11) is 0. The van der Waals surface area contributed by atoms with E-state index in [0.717, 1.165) is 28.1 Å². The van der Waals surface area contributed by atoms with Gasteiger partial charge in [0.1, 0.15) is 0 Å². The van der Waals surface area contributed by atoms with Gasteiger partial charge in [0, 0.05) is 5.56 Å². The van der Waals surface area contributed by atoms with Crippen LogP contribution in [0.25, 0.3) is 34.0 Å². The monoisotopic (exact) mass is 327 g/mol. The highest BCUT2D eigenvalue weighted by atomic mass is 15.4. The largest absolute Gasteiger partial charge is 0.276 e. The Kier molecular flexibility index (Phi) is 2.87. The maximum Gasteiger partial charge on any atom is 0.276 e. The summed E-state index contributed by atoms with van der Waals surface area (Å²) >= 11 is 0. The van der Waals surface area contributed by atoms with Crippen molar-refractivity contribution in [2.24, 2.45) is 0 Å². The third-order valence-corrected chi connectivity index (χ3v) is 4.14. The first-order valence-corrected chi connectivity index (χ1v) is 7.91. The highest BCUT2D eigenvalue weighted by Gasteiger charge is 2.19. The zero-order valence-corrected chi connectivity index (χ0v) is 13.4. The molecule has 0 radical (unpaired) electrons. The fourth-order valence-electron chi connectivity index (χ4n) is 2.98. The van der Waals surface area contributed by atoms with Crippen molar-refractivity contribution in [2.45, 2.75) is 6.92 Å². The van der Waals surface area contributed by atoms with Gasteiger partial charge < -0.3 is 0 Å². The second kappa shape index (κ2) is 5.20. The van der Waals surface area contributed by atoms with E-state index in [0.29, 0.717) is 11.6 Å². The SMILES string of the molecule is Cc1nn(-c2ccccc2)c2c1nnc1nnc(-c3ccccc3)n12. The van der Waals surface area contributed by atoms with E-state index in [1.54, 1.807) is 0 Å². The number of aryl methyl sites for hydroxylation is 1. The third kappa shape index (κ3) is 2.02. The summed E-state index contributed by atoms with van der Waals surface area (Å²) < 4.78 is 3.77. The van der Waals surface area contributed by atoms with Crippen LogP contribution in [0.4, 0.5) is 0 Å². The molecule has 0 aliphatic heterocycles. The van der Waals surface area contributed by atoms with Crippen molar-refractivity contribution in [1.29, 1.82) is 0 Å². The van der Waals surface area contributed by atoms with Crippen molar-refractivity contribution in [1.82, 2.24) is 34.6 Å². The average Bonchev–Trinajstić information content (AvgIpc) is 3.24. The van der Waals surface area contributed by atoms with Gasteiger partial charge in [0.25, 0.3) is 5.78 Å². The van der Waals surface area contributed by atoms with E-state index < -0.39 is 0 Å². The minimum absolute atomic E-state index is 0.448. The van der Waals surface area contributed by atoms with Crippen LogP contribution in [0, 0.1) is 6.92 Å². The first-order chi connectivity index (χ1) is 12.3. The van der Waals surface area contributed by atoms with E-state index >= 15 is 0 Å². The molecule has 7 nitrogen and oxygen atoms in total. The van der Waals surface area contributed by atoms with Gasteiger partial charge in [-0.25, -0.2) is 9.08 Å². The molecule has 0 N–H and O–H groups in total. The summed E-state index contributed by atoms with van der Waals surface area (Å²) in [4.78, 5) is 0. The normalized spacial score (nSPS) is 11.4. The Morgan fingerprint density at radius 1 is 0.760 bits per heavy atom. The molecule has 0 aliphatic rings. The van der Waals surface area contributed by atoms with Gasteiger partial charge >= 0.3 is 0 Å². The average molecular weight is 327 g/mol. The van der Waals surface area contributed by atoms with E-state index in [1.165, 1.54) is 0 Å². The van der Waals surface area contributed by atoms with Crippen LogP contribution in [0.1, 0.15) is 5.69 Å². The quantitative estimate of drug-likeness (QED) is 0.498. The lowest BCUT2D eigenvalue weighted by atomic mass is 10.2. The second-order valence-corrected chi connectivity index (χ2v) is 5.73. The minimum atomic E-state index is 0.448. The summed E-state index contributed by atoms with van der Waals surface area (Å²) in [5.74, 6) is 1.16. The molecule has 3 heterocycles. The highest BCUT2D eigenvalue weighted by molar-refractivity contribution is 5.79. The number of para-hydroxylation sites is 1. The van der Waals surface area contributed by atoms with Crippen LogP contribution in [-0.4, -0.2) is 34.6 Å². The van der Waals surface area contributed by atoms with Gasteiger partial charge in [-0.2, -0.15) is 5.10 Å². The van der Waals surface area contributed by atoms with Crippen molar-refractivity contribution in [3.63, 3.8) is 0 Å². The molecule has 0 saturated heterocycles. The lowest BCUT2D eigenvalue weighted by Crippen LogP contribution is -2.03. The lowest BCUT2D eigenvalue weighted by molar-refractivity contribution is 0.868. The third-order valence-electron chi connectivity index (χ3n) is 4.14. The molecular formula is C18H13N7. The summed E-state index contributed by atoms with van der Waals surface area (Å²) in [6.45, 7) is 1.93. The molecule has 0 unspecified atom stereocenters. The Balaban J connectivity index is 1.93. The van der Waals surface area contributed by atoms with Crippen LogP contribution in [-0.2, 0) is 0 Å². The molecule has 0 amide bonds. The molecule has 0 bridgehead atoms. The molecule has 0 spiro atoms. The number of fused-ring (bicyclic) bond motifs is 3. The van der Waals surface area contributed by atoms with Gasteiger partial charge in [0.05, 0.1) is 11.4 Å². The zero-order valence-electron chi connectivity index (χ0n) is 13.4. The van der Waals surface area contributed by atoms with Gasteiger partial charge in [-0.1, -0.05) is 48.5 Å². The topological polar surface area (TPSA) is 73.8 Å². The van der Waals surface area contributed by atoms with Gasteiger partial charge in [0.15, 0.2) is 17.0 Å². The molecular weight excluding hydrogens is 314 g/mol. The van der Waals surface area contributed by atoms with E-state index in [9.17, 15) is 0 Å². The number of nitrogens with zero attached hydrogens (tertiary/aromatic N) is 7. The Morgan fingerprint density at radius 2 is 1.44 bits per heavy atom. The van der Waals surface area contributed by atoms with Gasteiger partial charge in [-0.05, 0) is 19.1 Å². The van der Waals surface area contributed by atoms with Crippen LogP contribution in [0.3, 0.4) is 0 Å². The molecule has 2 aromatic carbocycles. The Hall–Kier alpha value is -3.61. The van der Waals surface area contributed by atoms with Crippen LogP contribution >= 0.6 is 0 Å². The summed E-state index contributed by atoms with van der Waals surface area (Å²) in [6, 6.07) is 19.9. The zero-order chi connectivity index (χ0) is 16.8. The summed E-state index contributed by atoms with van der Waals surface area (Å²) in [5, 5.41) is 21.7. The molecule has 5 aromatic rings. The Labute approximate surface area is 142 Å². The molecule has 0 atom stereocenters. The number of hydrogen-bond donors (Lipinski definition) is 0. The Morgan fingerprint density at radius 3 is 2.20 bits per heavy atom. The van der Waals surface area contributed by atoms with Gasteiger partial charge in [-0.3, -0.25) is 0 Å². The minimum Gasteiger partial charge on any atom is -0.239 e. The molecule has 0 saturated carbocycles. The molecule has 120 valence electrons. The fourth-order valence-corrected chi connectivity index (χ4v) is 2.98. The Bertz CT molecular complexity index is 1190. The van der Waals surface area contributed by atoms with Gasteiger partial charge in [-0.15, -0.1) is 20.4 Å². The van der Waals surface area contributed by atoms with E-state index in [2.05, 4.69) is 25.5 Å². The van der Waals surface area contributed by atoms with E-state index in [1.807, 2.05) is 76.7 Å². The van der Waals surface area contributed by atoms with Gasteiger partial charge in [0.2, 0.25) is 0 Å². The summed E-state index contributed by atoms with van der Waals surface area (Å²) in [6.07, 6.45) is 0. The van der Waals surface area contributed by atoms with Crippen LogP contribution < -0.4 is 0 Å². The van der Waals surface area contributed by atoms with Crippen molar-refractivity contribution in [2.75, 3.05) is 0 Å². The first kappa shape index (κ1) is 13.8. The molecule has 5 rings (SSSR count).